The van der Waals surface area contributed by atoms with Gasteiger partial charge in [0.15, 0.2) is 0 Å². The number of hydrogen-bond donors (Lipinski definition) is 2. The molecule has 3 rings (SSSR count). The number of sulfonamides is 1. The Balaban J connectivity index is 1.66. The molecule has 1 saturated carbocycles. The number of nitrogens with zero attached hydrogens (tertiary/aromatic N) is 1. The normalized spacial score (nSPS) is 19.9. The van der Waals surface area contributed by atoms with Crippen LogP contribution in [0.5, 0.6) is 0 Å². The molecule has 1 heterocycles. The number of anilines is 2. The zero-order valence-electron chi connectivity index (χ0n) is 15.8. The van der Waals surface area contributed by atoms with Crippen LogP contribution in [-0.4, -0.2) is 44.4 Å². The molecule has 0 radical (unpaired) electrons. The Morgan fingerprint density at radius 2 is 1.89 bits per heavy atom. The predicted molar refractivity (Wildman–Crippen MR) is 105 cm³/mol. The quantitative estimate of drug-likeness (QED) is 0.567. The Morgan fingerprint density at radius 1 is 1.22 bits per heavy atom. The van der Waals surface area contributed by atoms with Crippen LogP contribution in [-0.2, 0) is 19.6 Å². The van der Waals surface area contributed by atoms with Crippen molar-refractivity contribution in [3.8, 4) is 0 Å². The van der Waals surface area contributed by atoms with E-state index in [4.69, 9.17) is 10.5 Å². The van der Waals surface area contributed by atoms with E-state index in [0.29, 0.717) is 44.3 Å². The maximum Gasteiger partial charge on any atom is 0.309 e. The van der Waals surface area contributed by atoms with E-state index in [1.54, 1.807) is 19.1 Å². The molecular formula is C19H29N3O4S. The molecule has 0 atom stereocenters. The van der Waals surface area contributed by atoms with Crippen LogP contribution in [0.2, 0.25) is 0 Å². The summed E-state index contributed by atoms with van der Waals surface area (Å²) in [6, 6.07) is 5.31. The zero-order valence-corrected chi connectivity index (χ0v) is 16.6. The fourth-order valence-corrected chi connectivity index (χ4v) is 5.37. The van der Waals surface area contributed by atoms with Crippen molar-refractivity contribution in [3.05, 3.63) is 18.2 Å². The van der Waals surface area contributed by atoms with Gasteiger partial charge in [0.2, 0.25) is 10.0 Å². The Bertz CT molecular complexity index is 767. The van der Waals surface area contributed by atoms with Gasteiger partial charge in [0, 0.05) is 19.1 Å². The third-order valence-corrected chi connectivity index (χ3v) is 7.34. The minimum absolute atomic E-state index is 0.201. The predicted octanol–water partition coefficient (Wildman–Crippen LogP) is 2.59. The molecule has 7 nitrogen and oxygen atoms in total. The number of rotatable bonds is 6. The molecule has 150 valence electrons. The lowest BCUT2D eigenvalue weighted by atomic mass is 9.98. The molecule has 0 bridgehead atoms. The van der Waals surface area contributed by atoms with Gasteiger partial charge in [-0.05, 0) is 50.8 Å². The van der Waals surface area contributed by atoms with Gasteiger partial charge in [-0.1, -0.05) is 12.8 Å². The molecule has 1 saturated heterocycles. The summed E-state index contributed by atoms with van der Waals surface area (Å²) in [6.45, 7) is 2.74. The molecule has 1 aromatic carbocycles. The summed E-state index contributed by atoms with van der Waals surface area (Å²) in [6.07, 6.45) is 5.63. The number of hydrogen-bond acceptors (Lipinski definition) is 6. The fraction of sp³-hybridized carbons (Fsp3) is 0.632. The van der Waals surface area contributed by atoms with Crippen molar-refractivity contribution in [2.24, 2.45) is 5.92 Å². The van der Waals surface area contributed by atoms with Gasteiger partial charge >= 0.3 is 5.97 Å². The highest BCUT2D eigenvalue weighted by Gasteiger charge is 2.33. The highest BCUT2D eigenvalue weighted by molar-refractivity contribution is 7.89. The zero-order chi connectivity index (χ0) is 19.4. The largest absolute Gasteiger partial charge is 0.466 e. The lowest BCUT2D eigenvalue weighted by molar-refractivity contribution is -0.149. The summed E-state index contributed by atoms with van der Waals surface area (Å²) in [7, 11) is -3.62. The molecule has 2 fully saturated rings. The number of carbonyl (C=O) groups excluding carboxylic acids is 1. The number of nitrogens with one attached hydrogen (secondary N) is 1. The minimum atomic E-state index is -3.62. The minimum Gasteiger partial charge on any atom is -0.466 e. The molecule has 1 aromatic rings. The van der Waals surface area contributed by atoms with Gasteiger partial charge < -0.3 is 15.8 Å². The van der Waals surface area contributed by atoms with E-state index < -0.39 is 10.0 Å². The Morgan fingerprint density at radius 3 is 2.48 bits per heavy atom. The van der Waals surface area contributed by atoms with Gasteiger partial charge in [-0.15, -0.1) is 0 Å². The van der Waals surface area contributed by atoms with Crippen LogP contribution < -0.4 is 11.1 Å². The lowest BCUT2D eigenvalue weighted by Crippen LogP contribution is -2.40. The van der Waals surface area contributed by atoms with E-state index in [1.165, 1.54) is 23.2 Å². The highest BCUT2D eigenvalue weighted by Crippen LogP contribution is 2.30. The van der Waals surface area contributed by atoms with Crippen molar-refractivity contribution in [1.82, 2.24) is 4.31 Å². The molecule has 2 aliphatic rings. The monoisotopic (exact) mass is 395 g/mol. The smallest absolute Gasteiger partial charge is 0.309 e. The van der Waals surface area contributed by atoms with Crippen molar-refractivity contribution in [3.63, 3.8) is 0 Å². The summed E-state index contributed by atoms with van der Waals surface area (Å²) < 4.78 is 32.3. The van der Waals surface area contributed by atoms with Crippen LogP contribution in [0.15, 0.2) is 23.1 Å². The summed E-state index contributed by atoms with van der Waals surface area (Å²) in [5.41, 5.74) is 7.36. The fourth-order valence-electron chi connectivity index (χ4n) is 3.86. The average Bonchev–Trinajstić information content (AvgIpc) is 3.17. The van der Waals surface area contributed by atoms with Crippen LogP contribution in [0.3, 0.4) is 0 Å². The van der Waals surface area contributed by atoms with Gasteiger partial charge in [0.1, 0.15) is 0 Å². The number of piperidine rings is 1. The van der Waals surface area contributed by atoms with Crippen LogP contribution in [0.4, 0.5) is 11.4 Å². The molecule has 1 aliphatic carbocycles. The van der Waals surface area contributed by atoms with Gasteiger partial charge in [-0.25, -0.2) is 8.42 Å². The molecular weight excluding hydrogens is 366 g/mol. The van der Waals surface area contributed by atoms with E-state index in [1.807, 2.05) is 0 Å². The lowest BCUT2D eigenvalue weighted by Gasteiger charge is -2.30. The van der Waals surface area contributed by atoms with E-state index >= 15 is 0 Å². The van der Waals surface area contributed by atoms with Gasteiger partial charge in [0.05, 0.1) is 28.8 Å². The summed E-state index contributed by atoms with van der Waals surface area (Å²) in [5.74, 6) is -0.458. The van der Waals surface area contributed by atoms with Crippen LogP contribution >= 0.6 is 0 Å². The first-order valence-electron chi connectivity index (χ1n) is 9.74. The first kappa shape index (κ1) is 19.9. The molecule has 0 unspecified atom stereocenters. The maximum atomic E-state index is 12.9. The number of nitrogen functional groups attached to an aromatic ring is 1. The van der Waals surface area contributed by atoms with Gasteiger partial charge in [-0.2, -0.15) is 4.31 Å². The van der Waals surface area contributed by atoms with E-state index in [9.17, 15) is 13.2 Å². The Hall–Kier alpha value is -1.80. The number of benzene rings is 1. The number of ether oxygens (including phenoxy) is 1. The molecule has 1 aliphatic heterocycles. The van der Waals surface area contributed by atoms with Crippen molar-refractivity contribution in [2.75, 3.05) is 30.7 Å². The third kappa shape index (κ3) is 4.55. The molecule has 0 amide bonds. The summed E-state index contributed by atoms with van der Waals surface area (Å²) in [5, 5.41) is 3.41. The van der Waals surface area contributed by atoms with E-state index in [0.717, 1.165) is 18.5 Å². The highest BCUT2D eigenvalue weighted by atomic mass is 32.2. The van der Waals surface area contributed by atoms with Crippen molar-refractivity contribution in [1.29, 1.82) is 0 Å². The topological polar surface area (TPSA) is 102 Å². The van der Waals surface area contributed by atoms with Gasteiger partial charge in [-0.3, -0.25) is 4.79 Å². The van der Waals surface area contributed by atoms with Crippen molar-refractivity contribution >= 4 is 27.4 Å². The van der Waals surface area contributed by atoms with E-state index in [-0.39, 0.29) is 16.8 Å². The number of carbonyl (C=O) groups is 1. The maximum absolute atomic E-state index is 12.9. The van der Waals surface area contributed by atoms with Gasteiger partial charge in [0.25, 0.3) is 0 Å². The van der Waals surface area contributed by atoms with Crippen molar-refractivity contribution < 1.29 is 17.9 Å². The third-order valence-electron chi connectivity index (χ3n) is 5.45. The SMILES string of the molecule is CCOC(=O)C1CCN(S(=O)(=O)c2ccc(NC3CCCC3)c(N)c2)CC1. The van der Waals surface area contributed by atoms with Crippen LogP contribution in [0.25, 0.3) is 0 Å². The molecule has 0 spiro atoms. The number of esters is 1. The second kappa shape index (κ2) is 8.48. The Labute approximate surface area is 161 Å². The molecule has 0 aromatic heterocycles. The Kier molecular flexibility index (Phi) is 6.26. The first-order chi connectivity index (χ1) is 12.9. The molecule has 8 heteroatoms. The average molecular weight is 396 g/mol. The summed E-state index contributed by atoms with van der Waals surface area (Å²) in [4.78, 5) is 12.0. The van der Waals surface area contributed by atoms with E-state index in [2.05, 4.69) is 5.32 Å². The molecule has 3 N–H and O–H groups in total. The van der Waals surface area contributed by atoms with Crippen LogP contribution in [0.1, 0.15) is 45.4 Å². The second-order valence-electron chi connectivity index (χ2n) is 7.31. The summed E-state index contributed by atoms with van der Waals surface area (Å²) >= 11 is 0. The second-order valence-corrected chi connectivity index (χ2v) is 9.24. The molecule has 27 heavy (non-hydrogen) atoms. The van der Waals surface area contributed by atoms with Crippen LogP contribution in [0, 0.1) is 5.92 Å². The number of nitrogens with two attached hydrogens (primary N) is 1. The van der Waals surface area contributed by atoms with Crippen molar-refractivity contribution in [2.45, 2.75) is 56.4 Å². The first-order valence-corrected chi connectivity index (χ1v) is 11.2. The standard InChI is InChI=1S/C19H29N3O4S/c1-2-26-19(23)14-9-11-22(12-10-14)27(24,25)16-7-8-18(17(20)13-16)21-15-5-3-4-6-15/h7-8,13-15,21H,2-6,9-12,20H2,1H3.